The van der Waals surface area contributed by atoms with Gasteiger partial charge in [0.25, 0.3) is 0 Å². The lowest BCUT2D eigenvalue weighted by atomic mass is 10.2. The van der Waals surface area contributed by atoms with E-state index in [1.807, 2.05) is 30.3 Å². The number of amides is 1. The van der Waals surface area contributed by atoms with E-state index < -0.39 is 6.09 Å². The van der Waals surface area contributed by atoms with E-state index >= 15 is 0 Å². The molecule has 0 N–H and O–H groups in total. The molecule has 0 saturated carbocycles. The number of unbranched alkanes of at least 4 members (excludes halogenated alkanes) is 1. The summed E-state index contributed by atoms with van der Waals surface area (Å²) in [6.07, 6.45) is 1.53. The summed E-state index contributed by atoms with van der Waals surface area (Å²) in [5.41, 5.74) is 0.887. The second-order valence-corrected chi connectivity index (χ2v) is 3.58. The predicted octanol–water partition coefficient (Wildman–Crippen LogP) is 2.86. The fourth-order valence-electron chi connectivity index (χ4n) is 1.27. The minimum Gasteiger partial charge on any atom is -0.452 e. The van der Waals surface area contributed by atoms with Crippen LogP contribution >= 0.6 is 0 Å². The number of carbonyl (C=O) groups is 1. The Labute approximate surface area is 102 Å². The Kier molecular flexibility index (Phi) is 5.67. The lowest BCUT2D eigenvalue weighted by molar-refractivity contribution is 0.142. The van der Waals surface area contributed by atoms with Gasteiger partial charge in [0, 0.05) is 18.2 Å². The van der Waals surface area contributed by atoms with E-state index in [1.54, 1.807) is 0 Å². The molecule has 0 atom stereocenters. The van der Waals surface area contributed by atoms with Crippen molar-refractivity contribution in [1.82, 2.24) is 4.90 Å². The lowest BCUT2D eigenvalue weighted by Crippen LogP contribution is -2.27. The van der Waals surface area contributed by atoms with Gasteiger partial charge in [-0.15, -0.1) is 0 Å². The largest absolute Gasteiger partial charge is 0.452 e. The zero-order chi connectivity index (χ0) is 12.5. The predicted molar refractivity (Wildman–Crippen MR) is 67.3 cm³/mol. The van der Waals surface area contributed by atoms with Crippen LogP contribution in [-0.2, 0) is 4.74 Å². The van der Waals surface area contributed by atoms with E-state index in [0.29, 0.717) is 6.54 Å². The number of carbonyl (C=O) groups excluding carboxylic acids is 1. The highest BCUT2D eigenvalue weighted by Gasteiger charge is 2.09. The second kappa shape index (κ2) is 7.34. The van der Waals surface area contributed by atoms with E-state index in [9.17, 15) is 4.79 Å². The average Bonchev–Trinajstić information content (AvgIpc) is 2.39. The number of hydrogen-bond acceptors (Lipinski definition) is 2. The maximum Gasteiger partial charge on any atom is 0.421 e. The van der Waals surface area contributed by atoms with Crippen LogP contribution in [0.5, 0.6) is 0 Å². The van der Waals surface area contributed by atoms with Crippen LogP contribution in [0.3, 0.4) is 0 Å². The van der Waals surface area contributed by atoms with Gasteiger partial charge in [-0.25, -0.2) is 9.69 Å². The first kappa shape index (κ1) is 13.1. The van der Waals surface area contributed by atoms with Crippen molar-refractivity contribution in [3.63, 3.8) is 0 Å². The minimum atomic E-state index is -0.401. The zero-order valence-corrected chi connectivity index (χ0v) is 10.3. The van der Waals surface area contributed by atoms with Crippen LogP contribution in [0, 0.1) is 12.0 Å². The standard InChI is InChI=1S/C14H17NO2/c1-3-4-11-15(14(16)17-2)12-10-13-8-6-5-7-9-13/h5-9H,3-4,11H2,1-2H3. The first-order valence-electron chi connectivity index (χ1n) is 5.70. The summed E-state index contributed by atoms with van der Waals surface area (Å²) >= 11 is 0. The van der Waals surface area contributed by atoms with Crippen LogP contribution in [0.25, 0.3) is 0 Å². The molecule has 0 fully saturated rings. The summed E-state index contributed by atoms with van der Waals surface area (Å²) in [4.78, 5) is 12.9. The van der Waals surface area contributed by atoms with Crippen molar-refractivity contribution in [1.29, 1.82) is 0 Å². The Morgan fingerprint density at radius 2 is 2.06 bits per heavy atom. The molecule has 17 heavy (non-hydrogen) atoms. The van der Waals surface area contributed by atoms with Gasteiger partial charge in [-0.3, -0.25) is 0 Å². The number of ether oxygens (including phenoxy) is 1. The molecule has 0 unspecified atom stereocenters. The molecule has 0 heterocycles. The highest BCUT2D eigenvalue weighted by molar-refractivity contribution is 5.69. The maximum absolute atomic E-state index is 11.4. The number of rotatable bonds is 3. The van der Waals surface area contributed by atoms with Crippen LogP contribution in [0.2, 0.25) is 0 Å². The molecule has 1 aromatic carbocycles. The van der Waals surface area contributed by atoms with Crippen molar-refractivity contribution < 1.29 is 9.53 Å². The van der Waals surface area contributed by atoms with Crippen LogP contribution in [0.1, 0.15) is 25.3 Å². The number of benzene rings is 1. The van der Waals surface area contributed by atoms with E-state index in [0.717, 1.165) is 18.4 Å². The van der Waals surface area contributed by atoms with E-state index in [4.69, 9.17) is 0 Å². The van der Waals surface area contributed by atoms with Crippen LogP contribution in [0.15, 0.2) is 30.3 Å². The molecule has 0 aliphatic heterocycles. The Morgan fingerprint density at radius 1 is 1.35 bits per heavy atom. The van der Waals surface area contributed by atoms with E-state index in [1.165, 1.54) is 12.0 Å². The molecule has 3 nitrogen and oxygen atoms in total. The maximum atomic E-state index is 11.4. The molecule has 0 aliphatic rings. The highest BCUT2D eigenvalue weighted by atomic mass is 16.5. The third kappa shape index (κ3) is 4.60. The summed E-state index contributed by atoms with van der Waals surface area (Å²) < 4.78 is 4.68. The number of methoxy groups -OCH3 is 1. The van der Waals surface area contributed by atoms with Gasteiger partial charge in [-0.1, -0.05) is 31.5 Å². The number of nitrogens with zero attached hydrogens (tertiary/aromatic N) is 1. The van der Waals surface area contributed by atoms with Crippen molar-refractivity contribution in [2.75, 3.05) is 13.7 Å². The summed E-state index contributed by atoms with van der Waals surface area (Å²) in [5, 5.41) is 0. The third-order valence-electron chi connectivity index (χ3n) is 2.24. The molecule has 3 heteroatoms. The van der Waals surface area contributed by atoms with E-state index in [2.05, 4.69) is 23.6 Å². The van der Waals surface area contributed by atoms with Crippen molar-refractivity contribution in [2.24, 2.45) is 0 Å². The van der Waals surface area contributed by atoms with Gasteiger partial charge in [0.05, 0.1) is 7.11 Å². The molecule has 0 aliphatic carbocycles. The van der Waals surface area contributed by atoms with Gasteiger partial charge in [0.2, 0.25) is 0 Å². The quantitative estimate of drug-likeness (QED) is 0.591. The molecular formula is C14H17NO2. The molecule has 1 amide bonds. The molecule has 0 saturated heterocycles. The van der Waals surface area contributed by atoms with Crippen LogP contribution in [0.4, 0.5) is 4.79 Å². The Morgan fingerprint density at radius 3 is 2.65 bits per heavy atom. The molecule has 1 aromatic rings. The molecule has 90 valence electrons. The Hall–Kier alpha value is -1.95. The Bertz CT molecular complexity index is 403. The fraction of sp³-hybridized carbons (Fsp3) is 0.357. The average molecular weight is 231 g/mol. The van der Waals surface area contributed by atoms with Crippen LogP contribution < -0.4 is 0 Å². The molecular weight excluding hydrogens is 214 g/mol. The van der Waals surface area contributed by atoms with Crippen LogP contribution in [-0.4, -0.2) is 24.6 Å². The first-order chi connectivity index (χ1) is 8.27. The third-order valence-corrected chi connectivity index (χ3v) is 2.24. The van der Waals surface area contributed by atoms with Gasteiger partial charge in [-0.05, 0) is 24.5 Å². The van der Waals surface area contributed by atoms with Crippen molar-refractivity contribution in [3.8, 4) is 12.0 Å². The summed E-state index contributed by atoms with van der Waals surface area (Å²) in [6, 6.07) is 12.4. The van der Waals surface area contributed by atoms with Crippen molar-refractivity contribution >= 4 is 6.09 Å². The lowest BCUT2D eigenvalue weighted by Gasteiger charge is -2.12. The monoisotopic (exact) mass is 231 g/mol. The molecule has 0 aromatic heterocycles. The topological polar surface area (TPSA) is 29.5 Å². The van der Waals surface area contributed by atoms with Crippen molar-refractivity contribution in [2.45, 2.75) is 19.8 Å². The van der Waals surface area contributed by atoms with Gasteiger partial charge in [-0.2, -0.15) is 0 Å². The molecule has 0 spiro atoms. The fourth-order valence-corrected chi connectivity index (χ4v) is 1.27. The minimum absolute atomic E-state index is 0.401. The smallest absolute Gasteiger partial charge is 0.421 e. The highest BCUT2D eigenvalue weighted by Crippen LogP contribution is 1.99. The molecule has 1 rings (SSSR count). The zero-order valence-electron chi connectivity index (χ0n) is 10.3. The normalized spacial score (nSPS) is 9.06. The molecule has 0 radical (unpaired) electrons. The molecule has 0 bridgehead atoms. The Balaban J connectivity index is 2.72. The van der Waals surface area contributed by atoms with Gasteiger partial charge in [0.1, 0.15) is 0 Å². The first-order valence-corrected chi connectivity index (χ1v) is 5.70. The summed E-state index contributed by atoms with van der Waals surface area (Å²) in [7, 11) is 1.37. The van der Waals surface area contributed by atoms with Gasteiger partial charge >= 0.3 is 6.09 Å². The van der Waals surface area contributed by atoms with Crippen molar-refractivity contribution in [3.05, 3.63) is 35.9 Å². The van der Waals surface area contributed by atoms with E-state index in [-0.39, 0.29) is 0 Å². The summed E-state index contributed by atoms with van der Waals surface area (Å²) in [6.45, 7) is 2.67. The van der Waals surface area contributed by atoms with Gasteiger partial charge in [0.15, 0.2) is 0 Å². The number of hydrogen-bond donors (Lipinski definition) is 0. The second-order valence-electron chi connectivity index (χ2n) is 3.58. The summed E-state index contributed by atoms with van der Waals surface area (Å²) in [5.74, 6) is 2.94. The SMILES string of the molecule is CCCCN(C#Cc1ccccc1)C(=O)OC. The van der Waals surface area contributed by atoms with Gasteiger partial charge < -0.3 is 4.74 Å².